The Morgan fingerprint density at radius 2 is 0.870 bits per heavy atom. The van der Waals surface area contributed by atoms with E-state index in [0.717, 1.165) is 77.8 Å². The topological polar surface area (TPSA) is 61.0 Å². The molecule has 0 aromatic rings. The Bertz CT molecular complexity index is 415. The number of hydrogen-bond acceptors (Lipinski definition) is 7. The van der Waals surface area contributed by atoms with E-state index in [1.165, 1.54) is 0 Å². The highest BCUT2D eigenvalue weighted by Gasteiger charge is 2.56. The van der Waals surface area contributed by atoms with Gasteiger partial charge in [-0.25, -0.2) is 10.9 Å². The summed E-state index contributed by atoms with van der Waals surface area (Å²) in [7, 11) is 0. The van der Waals surface area contributed by atoms with Crippen LogP contribution < -0.4 is 10.9 Å². The quantitative estimate of drug-likeness (QED) is 0.697. The molecule has 130 valence electrons. The zero-order valence-electron chi connectivity index (χ0n) is 13.5. The lowest BCUT2D eigenvalue weighted by molar-refractivity contribution is -0.182. The summed E-state index contributed by atoms with van der Waals surface area (Å²) < 4.78 is 23.5. The number of nitrogens with one attached hydrogen (secondary N) is 2. The minimum absolute atomic E-state index is 0.127. The summed E-state index contributed by atoms with van der Waals surface area (Å²) in [5, 5.41) is 0. The first-order valence-electron chi connectivity index (χ1n) is 8.96. The van der Waals surface area contributed by atoms with E-state index in [1.54, 1.807) is 0 Å². The predicted octanol–water partition coefficient (Wildman–Crippen LogP) is 1.85. The summed E-state index contributed by atoms with van der Waals surface area (Å²) >= 11 is 2.10. The van der Waals surface area contributed by atoms with Crippen molar-refractivity contribution in [2.24, 2.45) is 0 Å². The molecule has 5 rings (SSSR count). The smallest absolute Gasteiger partial charge is 0.168 e. The molecule has 0 amide bonds. The molecule has 3 heterocycles. The van der Waals surface area contributed by atoms with Crippen molar-refractivity contribution >= 4 is 11.8 Å². The highest BCUT2D eigenvalue weighted by molar-refractivity contribution is 8.02. The molecule has 5 fully saturated rings. The van der Waals surface area contributed by atoms with Crippen molar-refractivity contribution in [1.82, 2.24) is 10.9 Å². The van der Waals surface area contributed by atoms with Gasteiger partial charge in [-0.1, -0.05) is 0 Å². The second-order valence-corrected chi connectivity index (χ2v) is 9.32. The molecule has 6 nitrogen and oxygen atoms in total. The zero-order chi connectivity index (χ0) is 15.4. The third kappa shape index (κ3) is 2.56. The Balaban J connectivity index is 1.23. The SMILES string of the molecule is C1COC2(CCC3(CC2)NNC2(CCC4(CC2)OCCO4)S3)O1. The molecule has 23 heavy (non-hydrogen) atoms. The number of ether oxygens (including phenoxy) is 4. The van der Waals surface area contributed by atoms with Gasteiger partial charge in [0.1, 0.15) is 0 Å². The first-order chi connectivity index (χ1) is 11.2. The fourth-order valence-electron chi connectivity index (χ4n) is 4.75. The minimum Gasteiger partial charge on any atom is -0.348 e. The van der Waals surface area contributed by atoms with Crippen LogP contribution in [0.4, 0.5) is 0 Å². The maximum Gasteiger partial charge on any atom is 0.168 e. The van der Waals surface area contributed by atoms with E-state index in [-0.39, 0.29) is 21.3 Å². The molecule has 4 spiro atoms. The average molecular weight is 342 g/mol. The first kappa shape index (κ1) is 15.4. The molecule has 7 heteroatoms. The monoisotopic (exact) mass is 342 g/mol. The molecule has 5 aliphatic rings. The van der Waals surface area contributed by atoms with Gasteiger partial charge >= 0.3 is 0 Å². The molecule has 3 saturated heterocycles. The van der Waals surface area contributed by atoms with Gasteiger partial charge in [-0.3, -0.25) is 0 Å². The Labute approximate surface area is 141 Å². The van der Waals surface area contributed by atoms with Gasteiger partial charge in [0.05, 0.1) is 36.2 Å². The molecule has 0 radical (unpaired) electrons. The molecule has 0 atom stereocenters. The highest BCUT2D eigenvalue weighted by Crippen LogP contribution is 2.56. The van der Waals surface area contributed by atoms with E-state index in [9.17, 15) is 0 Å². The molecule has 2 saturated carbocycles. The average Bonchev–Trinajstić information content (AvgIpc) is 3.29. The van der Waals surface area contributed by atoms with Crippen molar-refractivity contribution in [3.8, 4) is 0 Å². The summed E-state index contributed by atoms with van der Waals surface area (Å²) in [6.07, 6.45) is 8.30. The third-order valence-electron chi connectivity index (χ3n) is 6.17. The standard InChI is InChI=1S/C16H26N2O4S/c1-5-15(19-9-10-20-15)6-2-13(1)17-18-14(23-13)3-7-16(8-4-14)21-11-12-22-16/h17-18H,1-12H2. The first-order valence-corrected chi connectivity index (χ1v) is 9.77. The Morgan fingerprint density at radius 3 is 1.22 bits per heavy atom. The summed E-state index contributed by atoms with van der Waals surface area (Å²) in [6, 6.07) is 0. The predicted molar refractivity (Wildman–Crippen MR) is 85.5 cm³/mol. The Kier molecular flexibility index (Phi) is 3.54. The van der Waals surface area contributed by atoms with Gasteiger partial charge in [-0.05, 0) is 25.7 Å². The number of thioether (sulfide) groups is 1. The molecule has 2 N–H and O–H groups in total. The minimum atomic E-state index is -0.286. The van der Waals surface area contributed by atoms with E-state index in [2.05, 4.69) is 22.6 Å². The molecular formula is C16H26N2O4S. The van der Waals surface area contributed by atoms with Crippen molar-refractivity contribution in [1.29, 1.82) is 0 Å². The van der Waals surface area contributed by atoms with E-state index < -0.39 is 0 Å². The van der Waals surface area contributed by atoms with Crippen LogP contribution in [0.5, 0.6) is 0 Å². The van der Waals surface area contributed by atoms with Crippen molar-refractivity contribution in [3.63, 3.8) is 0 Å². The van der Waals surface area contributed by atoms with Crippen LogP contribution in [0.15, 0.2) is 0 Å². The number of hydrazine groups is 1. The van der Waals surface area contributed by atoms with Gasteiger partial charge < -0.3 is 18.9 Å². The van der Waals surface area contributed by atoms with Gasteiger partial charge in [0.15, 0.2) is 11.6 Å². The van der Waals surface area contributed by atoms with Crippen molar-refractivity contribution in [2.45, 2.75) is 72.7 Å². The second-order valence-electron chi connectivity index (χ2n) is 7.56. The molecular weight excluding hydrogens is 316 g/mol. The summed E-state index contributed by atoms with van der Waals surface area (Å²) in [5.74, 6) is -0.573. The lowest BCUT2D eigenvalue weighted by Crippen LogP contribution is -2.52. The molecule has 2 aliphatic carbocycles. The fraction of sp³-hybridized carbons (Fsp3) is 1.00. The maximum absolute atomic E-state index is 5.87. The van der Waals surface area contributed by atoms with Crippen LogP contribution in [-0.4, -0.2) is 47.7 Å². The van der Waals surface area contributed by atoms with Crippen molar-refractivity contribution in [3.05, 3.63) is 0 Å². The molecule has 0 unspecified atom stereocenters. The summed E-state index contributed by atoms with van der Waals surface area (Å²) in [6.45, 7) is 2.99. The normalized spacial score (nSPS) is 36.5. The van der Waals surface area contributed by atoms with Crippen LogP contribution in [0.3, 0.4) is 0 Å². The highest BCUT2D eigenvalue weighted by atomic mass is 32.2. The van der Waals surface area contributed by atoms with E-state index >= 15 is 0 Å². The number of hydrogen-bond donors (Lipinski definition) is 2. The van der Waals surface area contributed by atoms with E-state index in [4.69, 9.17) is 18.9 Å². The molecule has 0 aromatic carbocycles. The van der Waals surface area contributed by atoms with Gasteiger partial charge in [-0.2, -0.15) is 0 Å². The Hall–Kier alpha value is 0.110. The van der Waals surface area contributed by atoms with Crippen molar-refractivity contribution < 1.29 is 18.9 Å². The molecule has 0 bridgehead atoms. The van der Waals surface area contributed by atoms with Crippen molar-refractivity contribution in [2.75, 3.05) is 26.4 Å². The second kappa shape index (κ2) is 5.30. The lowest BCUT2D eigenvalue weighted by Gasteiger charge is -2.43. The van der Waals surface area contributed by atoms with Gasteiger partial charge in [0.25, 0.3) is 0 Å². The van der Waals surface area contributed by atoms with Crippen LogP contribution in [-0.2, 0) is 18.9 Å². The molecule has 3 aliphatic heterocycles. The van der Waals surface area contributed by atoms with Gasteiger partial charge in [-0.15, -0.1) is 11.8 Å². The van der Waals surface area contributed by atoms with E-state index in [1.807, 2.05) is 0 Å². The van der Waals surface area contributed by atoms with Crippen LogP contribution in [0.25, 0.3) is 0 Å². The maximum atomic E-state index is 5.87. The van der Waals surface area contributed by atoms with Crippen LogP contribution in [0.2, 0.25) is 0 Å². The Morgan fingerprint density at radius 1 is 0.522 bits per heavy atom. The van der Waals surface area contributed by atoms with Crippen LogP contribution in [0.1, 0.15) is 51.4 Å². The molecule has 0 aromatic heterocycles. The van der Waals surface area contributed by atoms with Crippen LogP contribution >= 0.6 is 11.8 Å². The fourth-order valence-corrected chi connectivity index (χ4v) is 6.52. The van der Waals surface area contributed by atoms with Crippen LogP contribution in [0, 0.1) is 0 Å². The zero-order valence-corrected chi connectivity index (χ0v) is 14.3. The lowest BCUT2D eigenvalue weighted by atomic mass is 9.89. The van der Waals surface area contributed by atoms with Gasteiger partial charge in [0.2, 0.25) is 0 Å². The van der Waals surface area contributed by atoms with E-state index in [0.29, 0.717) is 0 Å². The number of rotatable bonds is 0. The largest absolute Gasteiger partial charge is 0.348 e. The van der Waals surface area contributed by atoms with Gasteiger partial charge in [0, 0.05) is 25.7 Å². The third-order valence-corrected chi connectivity index (χ3v) is 7.98. The summed E-state index contributed by atoms with van der Waals surface area (Å²) in [4.78, 5) is 0.255. The summed E-state index contributed by atoms with van der Waals surface area (Å²) in [5.41, 5.74) is 7.28.